The second kappa shape index (κ2) is 18.7. The van der Waals surface area contributed by atoms with Crippen LogP contribution < -0.4 is 26.5 Å². The lowest BCUT2D eigenvalue weighted by atomic mass is 10.1. The molecule has 20 heteroatoms. The summed E-state index contributed by atoms with van der Waals surface area (Å²) in [6.07, 6.45) is 7.11. The predicted octanol–water partition coefficient (Wildman–Crippen LogP) is 5.62. The van der Waals surface area contributed by atoms with Gasteiger partial charge in [0.15, 0.2) is 0 Å². The zero-order valence-electron chi connectivity index (χ0n) is 35.9. The Bertz CT molecular complexity index is 3270. The molecule has 6 aromatic heterocycles. The van der Waals surface area contributed by atoms with Crippen molar-refractivity contribution in [1.29, 1.82) is 0 Å². The van der Waals surface area contributed by atoms with Crippen molar-refractivity contribution >= 4 is 84.0 Å². The van der Waals surface area contributed by atoms with E-state index in [9.17, 15) is 28.0 Å². The summed E-state index contributed by atoms with van der Waals surface area (Å²) in [7, 11) is 2.93. The third-order valence-electron chi connectivity index (χ3n) is 12.0. The Morgan fingerprint density at radius 1 is 0.727 bits per heavy atom. The number of aromatic nitrogens is 6. The Hall–Kier alpha value is -6.67. The Balaban J connectivity index is 0.000000166. The third kappa shape index (κ3) is 8.98. The molecular weight excluding hydrogens is 938 g/mol. The number of H-pyrrole nitrogens is 2. The topological polar surface area (TPSA) is 163 Å². The van der Waals surface area contributed by atoms with Gasteiger partial charge in [-0.25, -0.2) is 18.4 Å². The van der Waals surface area contributed by atoms with Crippen LogP contribution in [0.1, 0.15) is 31.8 Å². The molecule has 0 spiro atoms. The van der Waals surface area contributed by atoms with E-state index in [2.05, 4.69) is 51.0 Å². The number of fused-ring (bicyclic) bond motifs is 6. The molecule has 2 amide bonds. The SMILES string of the molecule is CN(Cl)C(=O)c1ccc(N2CCN(Cc3cnc4c(c3)[nH]c(=O)n3cccc43)CC2)c(F)c1.CNC(=O)c1cc(F)c(N2CCN(Cc3cnc4c(c3)[nH]c(=O)n3cccc43)CC2)cc1Br. The quantitative estimate of drug-likeness (QED) is 0.163. The summed E-state index contributed by atoms with van der Waals surface area (Å²) in [5, 5.41) is 2.52. The molecule has 8 heterocycles. The van der Waals surface area contributed by atoms with Crippen molar-refractivity contribution in [3.8, 4) is 0 Å². The molecule has 8 aromatic rings. The molecule has 340 valence electrons. The predicted molar refractivity (Wildman–Crippen MR) is 253 cm³/mol. The Morgan fingerprint density at radius 3 is 1.71 bits per heavy atom. The summed E-state index contributed by atoms with van der Waals surface area (Å²) in [6, 6.07) is 18.7. The van der Waals surface area contributed by atoms with E-state index < -0.39 is 17.5 Å². The third-order valence-corrected chi connectivity index (χ3v) is 12.8. The van der Waals surface area contributed by atoms with Gasteiger partial charge >= 0.3 is 11.4 Å². The minimum atomic E-state index is -0.449. The summed E-state index contributed by atoms with van der Waals surface area (Å²) in [6.45, 7) is 6.99. The van der Waals surface area contributed by atoms with Crippen molar-refractivity contribution in [3.05, 3.63) is 151 Å². The first-order valence-electron chi connectivity index (χ1n) is 21.2. The number of benzene rings is 2. The first kappa shape index (κ1) is 44.5. The zero-order valence-corrected chi connectivity index (χ0v) is 38.2. The smallest absolute Gasteiger partial charge is 0.330 e. The van der Waals surface area contributed by atoms with Crippen molar-refractivity contribution in [3.63, 3.8) is 0 Å². The first-order chi connectivity index (χ1) is 31.8. The van der Waals surface area contributed by atoms with Crippen LogP contribution in [-0.4, -0.2) is 121 Å². The van der Waals surface area contributed by atoms with Gasteiger partial charge in [0.1, 0.15) is 22.7 Å². The van der Waals surface area contributed by atoms with Crippen LogP contribution in [0.2, 0.25) is 0 Å². The largest absolute Gasteiger partial charge is 0.367 e. The highest BCUT2D eigenvalue weighted by atomic mass is 79.9. The van der Waals surface area contributed by atoms with Gasteiger partial charge in [0.05, 0.1) is 39.0 Å². The molecule has 0 atom stereocenters. The van der Waals surface area contributed by atoms with E-state index in [1.165, 1.54) is 26.2 Å². The number of nitrogens with one attached hydrogen (secondary N) is 3. The molecule has 0 saturated carbocycles. The fourth-order valence-corrected chi connectivity index (χ4v) is 9.22. The summed E-state index contributed by atoms with van der Waals surface area (Å²) in [4.78, 5) is 71.8. The normalized spacial score (nSPS) is 14.8. The molecule has 3 N–H and O–H groups in total. The van der Waals surface area contributed by atoms with Crippen LogP contribution in [0, 0.1) is 11.6 Å². The fourth-order valence-electron chi connectivity index (χ4n) is 8.61. The average Bonchev–Trinajstić information content (AvgIpc) is 4.03. The van der Waals surface area contributed by atoms with Crippen molar-refractivity contribution in [2.75, 3.05) is 76.3 Å². The van der Waals surface area contributed by atoms with Gasteiger partial charge in [-0.1, -0.05) is 0 Å². The maximum Gasteiger partial charge on any atom is 0.330 e. The highest BCUT2D eigenvalue weighted by molar-refractivity contribution is 9.10. The van der Waals surface area contributed by atoms with Crippen LogP contribution in [0.3, 0.4) is 0 Å². The molecule has 0 aliphatic carbocycles. The summed E-state index contributed by atoms with van der Waals surface area (Å²) < 4.78 is 34.0. The molecule has 2 saturated heterocycles. The maximum atomic E-state index is 14.7. The monoisotopic (exact) mass is 980 g/mol. The van der Waals surface area contributed by atoms with Crippen LogP contribution >= 0.6 is 27.7 Å². The van der Waals surface area contributed by atoms with Gasteiger partial charge in [0, 0.05) is 126 Å². The van der Waals surface area contributed by atoms with Crippen LogP contribution in [-0.2, 0) is 13.1 Å². The number of nitrogens with zero attached hydrogens (tertiary/aromatic N) is 9. The lowest BCUT2D eigenvalue weighted by Gasteiger charge is -2.36. The van der Waals surface area contributed by atoms with Gasteiger partial charge in [-0.15, -0.1) is 0 Å². The lowest BCUT2D eigenvalue weighted by Crippen LogP contribution is -2.46. The molecular formula is C46H44BrClF2N12O4. The van der Waals surface area contributed by atoms with Gasteiger partial charge in [0.2, 0.25) is 0 Å². The molecule has 2 aromatic carbocycles. The summed E-state index contributed by atoms with van der Waals surface area (Å²) >= 11 is 9.05. The minimum absolute atomic E-state index is 0.189. The maximum absolute atomic E-state index is 14.7. The molecule has 2 aliphatic rings. The zero-order chi connectivity index (χ0) is 46.2. The van der Waals surface area contributed by atoms with Crippen molar-refractivity contribution < 1.29 is 18.4 Å². The van der Waals surface area contributed by atoms with Crippen LogP contribution in [0.5, 0.6) is 0 Å². The standard InChI is InChI=1S/C23H22BrFN6O2.C23H22ClFN6O2/c1-26-22(32)15-10-17(25)20(11-16(15)24)30-7-5-29(6-8-30)13-14-9-18-21(27-12-14)19-3-2-4-31(19)23(33)28-18;1-28(24)22(32)16-4-5-19(17(25)12-16)30-9-7-29(8-10-30)14-15-11-18-21(26-13-15)20-3-2-6-31(20)23(33)27-18/h2-4,9-12H,5-8,13H2,1H3,(H,26,32)(H,28,33);2-6,11-13H,7-10,14H2,1H3,(H,27,33). The van der Waals surface area contributed by atoms with Crippen LogP contribution in [0.4, 0.5) is 20.2 Å². The number of hydrogen-bond acceptors (Lipinski definition) is 10. The van der Waals surface area contributed by atoms with E-state index in [1.54, 1.807) is 39.4 Å². The molecule has 16 nitrogen and oxygen atoms in total. The second-order valence-corrected chi connectivity index (χ2v) is 17.6. The highest BCUT2D eigenvalue weighted by Crippen LogP contribution is 2.29. The Morgan fingerprint density at radius 2 is 1.23 bits per heavy atom. The number of pyridine rings is 2. The number of piperazine rings is 2. The number of carbonyl (C=O) groups excluding carboxylic acids is 2. The Labute approximate surface area is 389 Å². The van der Waals surface area contributed by atoms with Crippen LogP contribution in [0.25, 0.3) is 33.1 Å². The van der Waals surface area contributed by atoms with Gasteiger partial charge in [-0.05, 0) is 93.8 Å². The van der Waals surface area contributed by atoms with Crippen molar-refractivity contribution in [2.24, 2.45) is 0 Å². The molecule has 66 heavy (non-hydrogen) atoms. The molecule has 2 fully saturated rings. The summed E-state index contributed by atoms with van der Waals surface area (Å²) in [5.41, 5.74) is 7.57. The number of aromatic amines is 2. The number of anilines is 2. The Kier molecular flexibility index (Phi) is 12.6. The first-order valence-corrected chi connectivity index (χ1v) is 22.3. The van der Waals surface area contributed by atoms with E-state index in [0.717, 1.165) is 63.8 Å². The molecule has 10 rings (SSSR count). The molecule has 0 radical (unpaired) electrons. The number of amides is 2. The van der Waals surface area contributed by atoms with Crippen molar-refractivity contribution in [2.45, 2.75) is 13.1 Å². The number of hydrogen-bond donors (Lipinski definition) is 3. The van der Waals surface area contributed by atoms with E-state index in [1.807, 2.05) is 58.6 Å². The number of carbonyl (C=O) groups is 2. The highest BCUT2D eigenvalue weighted by Gasteiger charge is 2.24. The summed E-state index contributed by atoms with van der Waals surface area (Å²) in [5.74, 6) is -1.63. The fraction of sp³-hybridized carbons (Fsp3) is 0.261. The van der Waals surface area contributed by atoms with Gasteiger partial charge in [-0.3, -0.25) is 42.6 Å². The van der Waals surface area contributed by atoms with Gasteiger partial charge < -0.3 is 25.1 Å². The average molecular weight is 982 g/mol. The number of halogens is 4. The second-order valence-electron chi connectivity index (χ2n) is 16.2. The van der Waals surface area contributed by atoms with E-state index in [-0.39, 0.29) is 28.4 Å². The van der Waals surface area contributed by atoms with Gasteiger partial charge in [-0.2, -0.15) is 0 Å². The van der Waals surface area contributed by atoms with E-state index in [0.29, 0.717) is 66.1 Å². The molecule has 0 bridgehead atoms. The van der Waals surface area contributed by atoms with Crippen LogP contribution in [0.15, 0.2) is 106 Å². The molecule has 2 aliphatic heterocycles. The van der Waals surface area contributed by atoms with Gasteiger partial charge in [0.25, 0.3) is 11.8 Å². The lowest BCUT2D eigenvalue weighted by molar-refractivity contribution is 0.0883. The van der Waals surface area contributed by atoms with E-state index in [4.69, 9.17) is 11.8 Å². The number of rotatable bonds is 8. The van der Waals surface area contributed by atoms with Crippen molar-refractivity contribution in [1.82, 2.24) is 48.3 Å². The van der Waals surface area contributed by atoms with E-state index >= 15 is 0 Å². The minimum Gasteiger partial charge on any atom is -0.367 e. The molecule has 0 unspecified atom stereocenters.